The molecule has 1 aliphatic carbocycles. The van der Waals surface area contributed by atoms with Crippen LogP contribution >= 0.6 is 0 Å². The number of allylic oxidation sites excluding steroid dienone is 1. The van der Waals surface area contributed by atoms with Crippen LogP contribution in [0.2, 0.25) is 0 Å². The molecule has 0 aliphatic heterocycles. The fourth-order valence-corrected chi connectivity index (χ4v) is 4.51. The molecule has 0 saturated heterocycles. The molecule has 2 heteroatoms. The molecule has 3 aromatic carbocycles. The standard InChI is InChI=1S/C26H26F2/c1-2-3-4-18-5-7-19(8-6-18)20-9-10-22-16-23(12-11-21(22)15-20)24-13-14-25(27)26(28)17-24/h2,9-19H,1,3-8H2. The van der Waals surface area contributed by atoms with Gasteiger partial charge in [-0.1, -0.05) is 42.5 Å². The van der Waals surface area contributed by atoms with E-state index in [1.807, 2.05) is 12.1 Å². The molecular weight excluding hydrogens is 350 g/mol. The van der Waals surface area contributed by atoms with Gasteiger partial charge in [0.15, 0.2) is 11.6 Å². The van der Waals surface area contributed by atoms with Crippen molar-refractivity contribution in [3.63, 3.8) is 0 Å². The summed E-state index contributed by atoms with van der Waals surface area (Å²) in [5, 5.41) is 2.34. The zero-order chi connectivity index (χ0) is 19.5. The average molecular weight is 376 g/mol. The first-order valence-electron chi connectivity index (χ1n) is 10.2. The van der Waals surface area contributed by atoms with E-state index in [-0.39, 0.29) is 0 Å². The highest BCUT2D eigenvalue weighted by Gasteiger charge is 2.22. The monoisotopic (exact) mass is 376 g/mol. The van der Waals surface area contributed by atoms with E-state index in [4.69, 9.17) is 0 Å². The first-order valence-corrected chi connectivity index (χ1v) is 10.2. The second-order valence-electron chi connectivity index (χ2n) is 8.03. The second-order valence-corrected chi connectivity index (χ2v) is 8.03. The summed E-state index contributed by atoms with van der Waals surface area (Å²) < 4.78 is 26.7. The third kappa shape index (κ3) is 4.01. The van der Waals surface area contributed by atoms with Gasteiger partial charge in [0.25, 0.3) is 0 Å². The summed E-state index contributed by atoms with van der Waals surface area (Å²) in [6.45, 7) is 3.83. The molecule has 3 aromatic rings. The Bertz CT molecular complexity index is 981. The molecule has 1 fully saturated rings. The van der Waals surface area contributed by atoms with Crippen LogP contribution in [0.5, 0.6) is 0 Å². The number of benzene rings is 3. The largest absolute Gasteiger partial charge is 0.204 e. The van der Waals surface area contributed by atoms with E-state index in [2.05, 4.69) is 36.9 Å². The maximum atomic E-state index is 13.6. The Balaban J connectivity index is 1.52. The van der Waals surface area contributed by atoms with Gasteiger partial charge in [-0.2, -0.15) is 0 Å². The first-order chi connectivity index (χ1) is 13.6. The number of hydrogen-bond acceptors (Lipinski definition) is 0. The molecule has 0 radical (unpaired) electrons. The molecule has 0 nitrogen and oxygen atoms in total. The van der Waals surface area contributed by atoms with Gasteiger partial charge in [0.1, 0.15) is 0 Å². The van der Waals surface area contributed by atoms with Crippen molar-refractivity contribution in [1.29, 1.82) is 0 Å². The molecule has 0 heterocycles. The predicted molar refractivity (Wildman–Crippen MR) is 113 cm³/mol. The van der Waals surface area contributed by atoms with E-state index >= 15 is 0 Å². The van der Waals surface area contributed by atoms with E-state index in [0.717, 1.165) is 23.3 Å². The lowest BCUT2D eigenvalue weighted by Crippen LogP contribution is -2.13. The highest BCUT2D eigenvalue weighted by molar-refractivity contribution is 5.88. The van der Waals surface area contributed by atoms with Crippen molar-refractivity contribution >= 4 is 10.8 Å². The maximum Gasteiger partial charge on any atom is 0.159 e. The minimum atomic E-state index is -0.812. The maximum absolute atomic E-state index is 13.6. The number of fused-ring (bicyclic) bond motifs is 1. The van der Waals surface area contributed by atoms with E-state index in [1.54, 1.807) is 6.07 Å². The van der Waals surface area contributed by atoms with Crippen molar-refractivity contribution in [2.24, 2.45) is 5.92 Å². The van der Waals surface area contributed by atoms with Gasteiger partial charge in [0.05, 0.1) is 0 Å². The predicted octanol–water partition coefficient (Wildman–Crippen LogP) is 8.03. The molecule has 144 valence electrons. The summed E-state index contributed by atoms with van der Waals surface area (Å²) in [4.78, 5) is 0. The minimum absolute atomic E-state index is 0.648. The third-order valence-corrected chi connectivity index (χ3v) is 6.21. The van der Waals surface area contributed by atoms with Crippen molar-refractivity contribution in [3.05, 3.63) is 84.5 Å². The Labute approximate surface area is 165 Å². The Hall–Kier alpha value is -2.48. The average Bonchev–Trinajstić information content (AvgIpc) is 2.74. The van der Waals surface area contributed by atoms with Gasteiger partial charge in [-0.05, 0) is 96.0 Å². The molecule has 28 heavy (non-hydrogen) atoms. The zero-order valence-electron chi connectivity index (χ0n) is 16.1. The SMILES string of the molecule is C=CCCC1CCC(c2ccc3cc(-c4ccc(F)c(F)c4)ccc3c2)CC1. The molecule has 0 bridgehead atoms. The third-order valence-electron chi connectivity index (χ3n) is 6.21. The minimum Gasteiger partial charge on any atom is -0.204 e. The highest BCUT2D eigenvalue weighted by Crippen LogP contribution is 2.38. The van der Waals surface area contributed by atoms with Crippen LogP contribution in [0.3, 0.4) is 0 Å². The molecule has 0 unspecified atom stereocenters. The summed E-state index contributed by atoms with van der Waals surface area (Å²) in [7, 11) is 0. The lowest BCUT2D eigenvalue weighted by Gasteiger charge is -2.28. The second kappa shape index (κ2) is 8.26. The smallest absolute Gasteiger partial charge is 0.159 e. The van der Waals surface area contributed by atoms with Crippen LogP contribution in [0.25, 0.3) is 21.9 Å². The van der Waals surface area contributed by atoms with Crippen molar-refractivity contribution in [2.75, 3.05) is 0 Å². The van der Waals surface area contributed by atoms with Crippen LogP contribution in [0.15, 0.2) is 67.3 Å². The van der Waals surface area contributed by atoms with Crippen molar-refractivity contribution in [3.8, 4) is 11.1 Å². The normalized spacial score (nSPS) is 19.6. The van der Waals surface area contributed by atoms with Crippen LogP contribution in [0.1, 0.15) is 50.0 Å². The molecular formula is C26H26F2. The van der Waals surface area contributed by atoms with E-state index in [1.165, 1.54) is 55.2 Å². The van der Waals surface area contributed by atoms with Crippen LogP contribution in [-0.2, 0) is 0 Å². The lowest BCUT2D eigenvalue weighted by atomic mass is 9.77. The lowest BCUT2D eigenvalue weighted by molar-refractivity contribution is 0.312. The highest BCUT2D eigenvalue weighted by atomic mass is 19.2. The van der Waals surface area contributed by atoms with Crippen molar-refractivity contribution in [1.82, 2.24) is 0 Å². The van der Waals surface area contributed by atoms with Gasteiger partial charge in [-0.25, -0.2) is 8.78 Å². The van der Waals surface area contributed by atoms with Gasteiger partial charge >= 0.3 is 0 Å². The molecule has 0 spiro atoms. The molecule has 0 aromatic heterocycles. The van der Waals surface area contributed by atoms with Gasteiger partial charge in [-0.15, -0.1) is 6.58 Å². The summed E-state index contributed by atoms with van der Waals surface area (Å²) in [5.74, 6) is -0.117. The van der Waals surface area contributed by atoms with Gasteiger partial charge in [0, 0.05) is 0 Å². The summed E-state index contributed by atoms with van der Waals surface area (Å²) in [6, 6.07) is 16.9. The first kappa shape index (κ1) is 18.9. The molecule has 4 rings (SSSR count). The molecule has 1 aliphatic rings. The Morgan fingerprint density at radius 2 is 1.46 bits per heavy atom. The van der Waals surface area contributed by atoms with Crippen LogP contribution in [0, 0.1) is 17.6 Å². The quantitative estimate of drug-likeness (QED) is 0.395. The topological polar surface area (TPSA) is 0 Å². The summed E-state index contributed by atoms with van der Waals surface area (Å²) in [5.41, 5.74) is 3.03. The number of hydrogen-bond donors (Lipinski definition) is 0. The van der Waals surface area contributed by atoms with Crippen LogP contribution in [-0.4, -0.2) is 0 Å². The Kier molecular flexibility index (Phi) is 5.57. The van der Waals surface area contributed by atoms with E-state index < -0.39 is 11.6 Å². The molecule has 0 atom stereocenters. The fourth-order valence-electron chi connectivity index (χ4n) is 4.51. The Morgan fingerprint density at radius 3 is 2.21 bits per heavy atom. The van der Waals surface area contributed by atoms with E-state index in [0.29, 0.717) is 11.5 Å². The van der Waals surface area contributed by atoms with E-state index in [9.17, 15) is 8.78 Å². The molecule has 0 N–H and O–H groups in total. The number of halogens is 2. The number of rotatable bonds is 5. The van der Waals surface area contributed by atoms with Crippen molar-refractivity contribution in [2.45, 2.75) is 44.4 Å². The van der Waals surface area contributed by atoms with Gasteiger partial charge in [0.2, 0.25) is 0 Å². The van der Waals surface area contributed by atoms with Gasteiger partial charge < -0.3 is 0 Å². The fraction of sp³-hybridized carbons (Fsp3) is 0.308. The summed E-state index contributed by atoms with van der Waals surface area (Å²) >= 11 is 0. The molecule has 1 saturated carbocycles. The van der Waals surface area contributed by atoms with Gasteiger partial charge in [-0.3, -0.25) is 0 Å². The molecule has 0 amide bonds. The Morgan fingerprint density at radius 1 is 0.786 bits per heavy atom. The summed E-state index contributed by atoms with van der Waals surface area (Å²) in [6.07, 6.45) is 9.59. The zero-order valence-corrected chi connectivity index (χ0v) is 16.1. The van der Waals surface area contributed by atoms with Crippen LogP contribution < -0.4 is 0 Å². The van der Waals surface area contributed by atoms with Crippen molar-refractivity contribution < 1.29 is 8.78 Å². The van der Waals surface area contributed by atoms with Crippen LogP contribution in [0.4, 0.5) is 8.78 Å².